The lowest BCUT2D eigenvalue weighted by Gasteiger charge is -2.43. The Kier molecular flexibility index (Phi) is 11.3. The molecule has 1 amide bonds. The van der Waals surface area contributed by atoms with Gasteiger partial charge in [-0.25, -0.2) is 15.3 Å². The lowest BCUT2D eigenvalue weighted by atomic mass is 10.0. The van der Waals surface area contributed by atoms with Crippen molar-refractivity contribution in [1.29, 1.82) is 5.41 Å². The van der Waals surface area contributed by atoms with Gasteiger partial charge in [0.05, 0.1) is 41.8 Å². The van der Waals surface area contributed by atoms with Crippen LogP contribution >= 0.6 is 11.6 Å². The third kappa shape index (κ3) is 8.30. The Morgan fingerprint density at radius 3 is 2.39 bits per heavy atom. The van der Waals surface area contributed by atoms with Crippen LogP contribution in [0.25, 0.3) is 0 Å². The maximum atomic E-state index is 14.6. The fourth-order valence-electron chi connectivity index (χ4n) is 7.14. The predicted octanol–water partition coefficient (Wildman–Crippen LogP) is 4.30. The van der Waals surface area contributed by atoms with Gasteiger partial charge in [0.15, 0.2) is 0 Å². The van der Waals surface area contributed by atoms with E-state index in [0.29, 0.717) is 48.2 Å². The van der Waals surface area contributed by atoms with E-state index in [9.17, 15) is 9.18 Å². The maximum absolute atomic E-state index is 14.6. The van der Waals surface area contributed by atoms with Gasteiger partial charge in [-0.2, -0.15) is 0 Å². The molecule has 2 aromatic rings. The van der Waals surface area contributed by atoms with Crippen molar-refractivity contribution in [2.45, 2.75) is 56.7 Å². The molecule has 3 aliphatic heterocycles. The zero-order valence-corrected chi connectivity index (χ0v) is 28.8. The Morgan fingerprint density at radius 2 is 1.76 bits per heavy atom. The van der Waals surface area contributed by atoms with Crippen molar-refractivity contribution in [2.75, 3.05) is 68.5 Å². The number of hydrazine groups is 1. The van der Waals surface area contributed by atoms with Crippen LogP contribution in [-0.4, -0.2) is 97.7 Å². The van der Waals surface area contributed by atoms with E-state index in [0.717, 1.165) is 63.8 Å². The molecule has 0 radical (unpaired) electrons. The summed E-state index contributed by atoms with van der Waals surface area (Å²) in [5.74, 6) is 5.93. The molecule has 12 nitrogen and oxygen atoms in total. The van der Waals surface area contributed by atoms with E-state index in [1.54, 1.807) is 25.3 Å². The van der Waals surface area contributed by atoms with Crippen LogP contribution in [0.15, 0.2) is 54.9 Å². The number of hydrogen-bond acceptors (Lipinski definition) is 10. The minimum Gasteiger partial charge on any atom is -0.494 e. The average Bonchev–Trinajstić information content (AvgIpc) is 3.87. The van der Waals surface area contributed by atoms with Crippen LogP contribution in [0.5, 0.6) is 5.75 Å². The van der Waals surface area contributed by atoms with E-state index in [1.807, 2.05) is 6.07 Å². The van der Waals surface area contributed by atoms with E-state index < -0.39 is 5.82 Å². The van der Waals surface area contributed by atoms with Gasteiger partial charge in [0.25, 0.3) is 0 Å². The van der Waals surface area contributed by atoms with Gasteiger partial charge in [-0.1, -0.05) is 30.3 Å². The van der Waals surface area contributed by atoms with Crippen LogP contribution in [0.1, 0.15) is 37.7 Å². The summed E-state index contributed by atoms with van der Waals surface area (Å²) in [5.41, 5.74) is 5.04. The molecule has 1 atom stereocenters. The van der Waals surface area contributed by atoms with Crippen molar-refractivity contribution in [2.24, 2.45) is 5.84 Å². The number of methoxy groups -OCH3 is 1. The summed E-state index contributed by atoms with van der Waals surface area (Å²) in [5, 5.41) is 16.5. The number of carbonyl (C=O) groups is 1. The second-order valence-electron chi connectivity index (χ2n) is 13.0. The summed E-state index contributed by atoms with van der Waals surface area (Å²) >= 11 is 5.99. The Balaban J connectivity index is 1.15. The zero-order valence-electron chi connectivity index (χ0n) is 28.0. The van der Waals surface area contributed by atoms with Gasteiger partial charge in [-0.15, -0.1) is 0 Å². The second-order valence-corrected chi connectivity index (χ2v) is 13.4. The molecule has 6 rings (SSSR count). The zero-order chi connectivity index (χ0) is 34.5. The van der Waals surface area contributed by atoms with Gasteiger partial charge in [-0.05, 0) is 62.3 Å². The van der Waals surface area contributed by atoms with Crippen LogP contribution < -0.4 is 31.5 Å². The molecule has 4 fully saturated rings. The van der Waals surface area contributed by atoms with Gasteiger partial charge in [0, 0.05) is 63.5 Å². The number of hydrogen-bond donors (Lipinski definition) is 5. The third-order valence-corrected chi connectivity index (χ3v) is 10.2. The number of anilines is 3. The Hall–Kier alpha value is -3.88. The van der Waals surface area contributed by atoms with Crippen LogP contribution in [0.3, 0.4) is 0 Å². The summed E-state index contributed by atoms with van der Waals surface area (Å²) in [4.78, 5) is 25.9. The molecule has 1 saturated carbocycles. The highest BCUT2D eigenvalue weighted by Gasteiger charge is 2.34. The number of ether oxygens (including phenoxy) is 1. The Labute approximate surface area is 292 Å². The van der Waals surface area contributed by atoms with Crippen LogP contribution in [0.2, 0.25) is 5.02 Å². The third-order valence-electron chi connectivity index (χ3n) is 9.94. The lowest BCUT2D eigenvalue weighted by molar-refractivity contribution is -0.111. The summed E-state index contributed by atoms with van der Waals surface area (Å²) in [6.07, 6.45) is 8.43. The molecule has 2 aromatic carbocycles. The van der Waals surface area contributed by atoms with Crippen molar-refractivity contribution in [3.63, 3.8) is 0 Å². The molecule has 0 spiro atoms. The first kappa shape index (κ1) is 35.0. The summed E-state index contributed by atoms with van der Waals surface area (Å²) in [7, 11) is 1.58. The van der Waals surface area contributed by atoms with Gasteiger partial charge in [-0.3, -0.25) is 24.8 Å². The topological polar surface area (TPSA) is 134 Å². The fourth-order valence-corrected chi connectivity index (χ4v) is 7.33. The number of halogens is 2. The second kappa shape index (κ2) is 15.8. The SMILES string of the molecule is C=CC(=O)Nc1cc(N/C(=C/C(=N)N2OCC[C@@H]2Cc2cccc(Cl)c2F)NN)c(OC)cc1N1CCC(N2CCN(C3CC3)CC2)CC1. The number of rotatable bonds is 12. The molecule has 4 aliphatic rings. The average molecular weight is 696 g/mol. The smallest absolute Gasteiger partial charge is 0.247 e. The van der Waals surface area contributed by atoms with Gasteiger partial charge in [0.1, 0.15) is 23.2 Å². The van der Waals surface area contributed by atoms with Gasteiger partial charge < -0.3 is 25.7 Å². The normalized spacial score (nSPS) is 21.1. The Bertz CT molecular complexity index is 1550. The van der Waals surface area contributed by atoms with E-state index in [4.69, 9.17) is 32.4 Å². The molecule has 3 saturated heterocycles. The van der Waals surface area contributed by atoms with Crippen LogP contribution in [0, 0.1) is 11.2 Å². The molecule has 49 heavy (non-hydrogen) atoms. The van der Waals surface area contributed by atoms with E-state index >= 15 is 0 Å². The van der Waals surface area contributed by atoms with Gasteiger partial charge >= 0.3 is 0 Å². The number of carbonyl (C=O) groups excluding carboxylic acids is 1. The number of amidine groups is 1. The number of piperidine rings is 1. The van der Waals surface area contributed by atoms with Crippen molar-refractivity contribution < 1.29 is 18.8 Å². The van der Waals surface area contributed by atoms with Crippen molar-refractivity contribution >= 4 is 40.4 Å². The lowest BCUT2D eigenvalue weighted by Crippen LogP contribution is -2.53. The molecule has 3 heterocycles. The van der Waals surface area contributed by atoms with Crippen molar-refractivity contribution in [3.05, 3.63) is 71.3 Å². The maximum Gasteiger partial charge on any atom is 0.247 e. The summed E-state index contributed by atoms with van der Waals surface area (Å²) in [6.45, 7) is 10.3. The first-order chi connectivity index (χ1) is 23.8. The first-order valence-corrected chi connectivity index (χ1v) is 17.4. The minimum absolute atomic E-state index is 0.0120. The highest BCUT2D eigenvalue weighted by atomic mass is 35.5. The van der Waals surface area contributed by atoms with Crippen LogP contribution in [0.4, 0.5) is 21.5 Å². The fraction of sp³-hybridized carbons (Fsp3) is 0.486. The van der Waals surface area contributed by atoms with E-state index in [-0.39, 0.29) is 28.6 Å². The number of benzene rings is 2. The van der Waals surface area contributed by atoms with E-state index in [2.05, 4.69) is 37.3 Å². The minimum atomic E-state index is -0.467. The molecule has 14 heteroatoms. The van der Waals surface area contributed by atoms with Gasteiger partial charge in [0.2, 0.25) is 5.91 Å². The molecule has 0 aromatic heterocycles. The number of piperazine rings is 1. The molecular weight excluding hydrogens is 649 g/mol. The molecule has 1 aliphatic carbocycles. The highest BCUT2D eigenvalue weighted by molar-refractivity contribution is 6.30. The van der Waals surface area contributed by atoms with Crippen LogP contribution in [-0.2, 0) is 16.1 Å². The summed E-state index contributed by atoms with van der Waals surface area (Å²) in [6, 6.07) is 9.70. The first-order valence-electron chi connectivity index (χ1n) is 17.0. The molecular formula is C35H47ClFN9O3. The Morgan fingerprint density at radius 1 is 1.06 bits per heavy atom. The number of nitrogens with zero attached hydrogens (tertiary/aromatic N) is 4. The molecule has 0 unspecified atom stereocenters. The van der Waals surface area contributed by atoms with E-state index in [1.165, 1.54) is 36.1 Å². The highest BCUT2D eigenvalue weighted by Crippen LogP contribution is 2.39. The number of amides is 1. The molecule has 264 valence electrons. The number of hydroxylamine groups is 2. The number of nitrogens with two attached hydrogens (primary N) is 1. The standard InChI is InChI=1S/C35H47ClFN9O3/c1-3-34(47)41-28-20-29(40-33(42-39)22-32(38)46-26(11-18-49-46)19-23-5-4-6-27(36)35(23)37)31(48-2)21-30(28)45-12-9-25(10-13-45)44-16-14-43(15-17-44)24-7-8-24/h3-6,20-22,24-26,38,40,42H,1,7-19,39H2,2H3,(H,41,47)/b33-22-,38-32?/t26-/m1/s1. The molecule has 0 bridgehead atoms. The monoisotopic (exact) mass is 695 g/mol. The largest absolute Gasteiger partial charge is 0.494 e. The quantitative estimate of drug-likeness (QED) is 0.0720. The summed E-state index contributed by atoms with van der Waals surface area (Å²) < 4.78 is 20.4. The predicted molar refractivity (Wildman–Crippen MR) is 191 cm³/mol. The van der Waals surface area contributed by atoms with Crippen molar-refractivity contribution in [3.8, 4) is 5.75 Å². The van der Waals surface area contributed by atoms with Crippen molar-refractivity contribution in [1.82, 2.24) is 20.3 Å². The number of nitrogens with one attached hydrogen (secondary N) is 4. The molecule has 6 N–H and O–H groups in total.